The molecule has 3 aromatic carbocycles. The summed E-state index contributed by atoms with van der Waals surface area (Å²) in [4.78, 5) is 24.4. The van der Waals surface area contributed by atoms with Gasteiger partial charge < -0.3 is 23.8 Å². The van der Waals surface area contributed by atoms with Crippen LogP contribution in [0, 0.1) is 0 Å². The largest absolute Gasteiger partial charge is 0.485 e. The molecule has 1 amide bonds. The van der Waals surface area contributed by atoms with Crippen LogP contribution in [0.25, 0.3) is 22.5 Å². The van der Waals surface area contributed by atoms with Crippen LogP contribution in [0.15, 0.2) is 77.4 Å². The number of fused-ring (bicyclic) bond motifs is 1. The van der Waals surface area contributed by atoms with Crippen LogP contribution in [0.1, 0.15) is 37.0 Å². The third kappa shape index (κ3) is 4.56. The van der Waals surface area contributed by atoms with Crippen molar-refractivity contribution in [3.63, 3.8) is 0 Å². The number of aliphatic carboxylic acids is 1. The minimum atomic E-state index is -0.788. The van der Waals surface area contributed by atoms with E-state index < -0.39 is 23.6 Å². The molecule has 2 heterocycles. The normalized spacial score (nSPS) is 15.7. The maximum absolute atomic E-state index is 12.7. The van der Waals surface area contributed by atoms with E-state index in [0.717, 1.165) is 22.3 Å². The summed E-state index contributed by atoms with van der Waals surface area (Å²) in [7, 11) is 0. The predicted molar refractivity (Wildman–Crippen MR) is 142 cm³/mol. The molecule has 9 heteroatoms. The first-order chi connectivity index (χ1) is 19.0. The average Bonchev–Trinajstić information content (AvgIpc) is 3.66. The van der Waals surface area contributed by atoms with E-state index >= 15 is 0 Å². The number of nitrogens with zero attached hydrogens (tertiary/aromatic N) is 1. The zero-order valence-electron chi connectivity index (χ0n) is 21.2. The second kappa shape index (κ2) is 9.83. The summed E-state index contributed by atoms with van der Waals surface area (Å²) in [6.07, 6.45) is 1.61. The Hall–Kier alpha value is -4.79. The first-order valence-corrected chi connectivity index (χ1v) is 12.7. The van der Waals surface area contributed by atoms with Crippen molar-refractivity contribution in [2.24, 2.45) is 0 Å². The van der Waals surface area contributed by atoms with Gasteiger partial charge in [0, 0.05) is 5.56 Å². The summed E-state index contributed by atoms with van der Waals surface area (Å²) >= 11 is 0. The number of aromatic nitrogens is 1. The number of carboxylic acids is 1. The quantitative estimate of drug-likeness (QED) is 0.292. The molecule has 0 spiro atoms. The van der Waals surface area contributed by atoms with Crippen molar-refractivity contribution < 1.29 is 33.4 Å². The molecule has 2 N–H and O–H groups in total. The number of amides is 1. The Kier molecular flexibility index (Phi) is 6.18. The molecule has 1 aliphatic heterocycles. The van der Waals surface area contributed by atoms with Crippen LogP contribution >= 0.6 is 0 Å². The van der Waals surface area contributed by atoms with Gasteiger partial charge in [0.05, 0.1) is 17.2 Å². The van der Waals surface area contributed by atoms with Gasteiger partial charge in [0.1, 0.15) is 25.0 Å². The number of hydrogen-bond acceptors (Lipinski definition) is 7. The first kappa shape index (κ1) is 24.5. The minimum absolute atomic E-state index is 0.306. The Bertz CT molecular complexity index is 1520. The summed E-state index contributed by atoms with van der Waals surface area (Å²) in [6.45, 7) is 2.51. The van der Waals surface area contributed by atoms with Gasteiger partial charge in [-0.25, -0.2) is 4.79 Å². The molecule has 1 aliphatic carbocycles. The van der Waals surface area contributed by atoms with Gasteiger partial charge in [-0.05, 0) is 48.6 Å². The highest BCUT2D eigenvalue weighted by molar-refractivity contribution is 5.92. The first-order valence-electron chi connectivity index (χ1n) is 12.7. The number of hydrogen-bond donors (Lipinski definition) is 2. The molecule has 1 atom stereocenters. The summed E-state index contributed by atoms with van der Waals surface area (Å²) in [5.74, 6) is 0.523. The van der Waals surface area contributed by atoms with Gasteiger partial charge in [-0.1, -0.05) is 59.8 Å². The number of benzene rings is 3. The molecular weight excluding hydrogens is 500 g/mol. The molecule has 1 saturated carbocycles. The number of anilines is 1. The molecule has 6 rings (SSSR count). The number of carbonyl (C=O) groups is 2. The van der Waals surface area contributed by atoms with E-state index in [0.29, 0.717) is 54.6 Å². The molecule has 39 heavy (non-hydrogen) atoms. The van der Waals surface area contributed by atoms with Crippen LogP contribution in [0.2, 0.25) is 0 Å². The lowest BCUT2D eigenvalue weighted by atomic mass is 9.93. The maximum Gasteiger partial charge on any atom is 0.412 e. The Morgan fingerprint density at radius 3 is 2.28 bits per heavy atom. The second-order valence-corrected chi connectivity index (χ2v) is 9.63. The molecule has 0 saturated heterocycles. The molecule has 4 aromatic rings. The zero-order valence-corrected chi connectivity index (χ0v) is 21.2. The molecule has 198 valence electrons. The number of rotatable bonds is 7. The minimum Gasteiger partial charge on any atom is -0.485 e. The number of nitrogens with one attached hydrogen (secondary N) is 1. The van der Waals surface area contributed by atoms with Gasteiger partial charge in [-0.15, -0.1) is 0 Å². The van der Waals surface area contributed by atoms with E-state index in [9.17, 15) is 14.7 Å². The van der Waals surface area contributed by atoms with Crippen LogP contribution in [-0.4, -0.2) is 35.5 Å². The average molecular weight is 527 g/mol. The SMILES string of the molecule is CC(OC(=O)Nc1cnoc1-c1ccc(-c2ccc(C3(C(=O)O)CC3)cc2)c2c1OCCO2)c1ccccc1. The Morgan fingerprint density at radius 1 is 0.949 bits per heavy atom. The van der Waals surface area contributed by atoms with Crippen LogP contribution in [0.5, 0.6) is 11.5 Å². The predicted octanol–water partition coefficient (Wildman–Crippen LogP) is 6.21. The van der Waals surface area contributed by atoms with Gasteiger partial charge in [-0.2, -0.15) is 0 Å². The van der Waals surface area contributed by atoms with Crippen LogP contribution in [0.3, 0.4) is 0 Å². The summed E-state index contributed by atoms with van der Waals surface area (Å²) in [5.41, 5.74) is 3.46. The molecule has 2 aliphatic rings. The van der Waals surface area contributed by atoms with E-state index in [-0.39, 0.29) is 0 Å². The lowest BCUT2D eigenvalue weighted by molar-refractivity contribution is -0.140. The fourth-order valence-electron chi connectivity index (χ4n) is 4.88. The van der Waals surface area contributed by atoms with Crippen molar-refractivity contribution in [1.82, 2.24) is 5.16 Å². The lowest BCUT2D eigenvalue weighted by Gasteiger charge is -2.23. The molecule has 0 radical (unpaired) electrons. The highest BCUT2D eigenvalue weighted by Crippen LogP contribution is 2.50. The molecule has 0 bridgehead atoms. The van der Waals surface area contributed by atoms with E-state index in [1.807, 2.05) is 66.7 Å². The smallest absolute Gasteiger partial charge is 0.412 e. The molecular formula is C30H26N2O7. The molecule has 1 fully saturated rings. The Morgan fingerprint density at radius 2 is 1.62 bits per heavy atom. The standard InChI is InChI=1S/C30H26N2O7/c1-18(19-5-3-2-4-6-19)38-29(35)32-24-17-31-39-25(24)23-12-11-22(26-27(23)37-16-15-36-26)20-7-9-21(10-8-20)30(13-14-30)28(33)34/h2-12,17-18H,13-16H2,1H3,(H,32,35)(H,33,34). The van der Waals surface area contributed by atoms with E-state index in [1.165, 1.54) is 6.20 Å². The highest BCUT2D eigenvalue weighted by atomic mass is 16.6. The summed E-state index contributed by atoms with van der Waals surface area (Å²) < 4.78 is 23.1. The van der Waals surface area contributed by atoms with Crippen LogP contribution in [0.4, 0.5) is 10.5 Å². The Balaban J connectivity index is 1.27. The number of carboxylic acid groups (broad SMARTS) is 1. The maximum atomic E-state index is 12.7. The Labute approximate surface area is 224 Å². The number of ether oxygens (including phenoxy) is 3. The molecule has 1 aromatic heterocycles. The van der Waals surface area contributed by atoms with Crippen molar-refractivity contribution >= 4 is 17.7 Å². The van der Waals surface area contributed by atoms with Crippen molar-refractivity contribution in [3.8, 4) is 33.9 Å². The highest BCUT2D eigenvalue weighted by Gasteiger charge is 2.51. The van der Waals surface area contributed by atoms with Gasteiger partial charge >= 0.3 is 12.1 Å². The lowest BCUT2D eigenvalue weighted by Crippen LogP contribution is -2.19. The zero-order chi connectivity index (χ0) is 27.0. The summed E-state index contributed by atoms with van der Waals surface area (Å²) in [6, 6.07) is 20.7. The van der Waals surface area contributed by atoms with Crippen LogP contribution < -0.4 is 14.8 Å². The van der Waals surface area contributed by atoms with E-state index in [2.05, 4.69) is 10.5 Å². The topological polar surface area (TPSA) is 120 Å². The third-order valence-electron chi connectivity index (χ3n) is 7.20. The van der Waals surface area contributed by atoms with Gasteiger partial charge in [-0.3, -0.25) is 10.1 Å². The molecule has 1 unspecified atom stereocenters. The van der Waals surface area contributed by atoms with Crippen molar-refractivity contribution in [2.45, 2.75) is 31.3 Å². The third-order valence-corrected chi connectivity index (χ3v) is 7.20. The monoisotopic (exact) mass is 526 g/mol. The van der Waals surface area contributed by atoms with Crippen molar-refractivity contribution in [2.75, 3.05) is 18.5 Å². The van der Waals surface area contributed by atoms with Crippen LogP contribution in [-0.2, 0) is 14.9 Å². The number of carbonyl (C=O) groups excluding carboxylic acids is 1. The van der Waals surface area contributed by atoms with Gasteiger partial charge in [0.15, 0.2) is 17.3 Å². The fraction of sp³-hybridized carbons (Fsp3) is 0.233. The second-order valence-electron chi connectivity index (χ2n) is 9.63. The summed E-state index contributed by atoms with van der Waals surface area (Å²) in [5, 5.41) is 16.2. The van der Waals surface area contributed by atoms with Crippen molar-refractivity contribution in [1.29, 1.82) is 0 Å². The molecule has 9 nitrogen and oxygen atoms in total. The van der Waals surface area contributed by atoms with E-state index in [4.69, 9.17) is 18.7 Å². The van der Waals surface area contributed by atoms with E-state index in [1.54, 1.807) is 6.92 Å². The van der Waals surface area contributed by atoms with Gasteiger partial charge in [0.2, 0.25) is 0 Å². The van der Waals surface area contributed by atoms with Crippen molar-refractivity contribution in [3.05, 3.63) is 84.1 Å². The van der Waals surface area contributed by atoms with Gasteiger partial charge in [0.25, 0.3) is 0 Å². The fourth-order valence-corrected chi connectivity index (χ4v) is 4.88.